The van der Waals surface area contributed by atoms with Crippen LogP contribution in [0.5, 0.6) is 11.5 Å². The van der Waals surface area contributed by atoms with Crippen LogP contribution < -0.4 is 4.74 Å². The largest absolute Gasteiger partial charge is 0.508 e. The third kappa shape index (κ3) is 10.4. The van der Waals surface area contributed by atoms with Crippen LogP contribution in [-0.2, 0) is 11.9 Å². The number of hydrogen-bond acceptors (Lipinski definition) is 4. The number of benzene rings is 4. The number of rotatable bonds is 6. The van der Waals surface area contributed by atoms with Crippen molar-refractivity contribution >= 4 is 28.5 Å². The van der Waals surface area contributed by atoms with Crippen molar-refractivity contribution in [1.82, 2.24) is 0 Å². The molecule has 0 saturated heterocycles. The molecule has 0 spiro atoms. The molecule has 5 heteroatoms. The standard InChI is InChI=1S/C14H12O2.C7H7Br.C7H6O2/c15-10-12-6-8-14(9-7-12)16-11-13-4-2-1-3-5-13;8-6-7-4-2-1-3-5-7;8-5-6-1-3-7(9)4-2-6/h1-10H,11H2;1-5H,6H2;1-5,9H. The average Bonchev–Trinajstić information content (AvgIpc) is 2.90. The predicted molar refractivity (Wildman–Crippen MR) is 135 cm³/mol. The zero-order valence-corrected chi connectivity index (χ0v) is 19.6. The molecule has 4 aromatic rings. The van der Waals surface area contributed by atoms with E-state index in [1.165, 1.54) is 17.7 Å². The number of carbonyl (C=O) groups excluding carboxylic acids is 2. The van der Waals surface area contributed by atoms with Crippen molar-refractivity contribution in [3.05, 3.63) is 131 Å². The summed E-state index contributed by atoms with van der Waals surface area (Å²) in [5.41, 5.74) is 3.69. The van der Waals surface area contributed by atoms with Crippen LogP contribution in [0, 0.1) is 0 Å². The number of alkyl halides is 1. The Kier molecular flexibility index (Phi) is 11.7. The highest BCUT2D eigenvalue weighted by Crippen LogP contribution is 2.13. The van der Waals surface area contributed by atoms with E-state index < -0.39 is 0 Å². The Morgan fingerprint density at radius 1 is 0.636 bits per heavy atom. The molecule has 4 rings (SSSR count). The molecule has 4 nitrogen and oxygen atoms in total. The molecule has 0 fully saturated rings. The van der Waals surface area contributed by atoms with Gasteiger partial charge in [-0.15, -0.1) is 0 Å². The fraction of sp³-hybridized carbons (Fsp3) is 0.0714. The number of phenols is 1. The summed E-state index contributed by atoms with van der Waals surface area (Å²) in [6.45, 7) is 0.543. The number of phenolic OH excluding ortho intramolecular Hbond substituents is 1. The van der Waals surface area contributed by atoms with Gasteiger partial charge in [0, 0.05) is 16.5 Å². The van der Waals surface area contributed by atoms with E-state index in [0.29, 0.717) is 17.7 Å². The maximum Gasteiger partial charge on any atom is 0.150 e. The van der Waals surface area contributed by atoms with Gasteiger partial charge in [0.25, 0.3) is 0 Å². The minimum Gasteiger partial charge on any atom is -0.508 e. The van der Waals surface area contributed by atoms with Crippen LogP contribution in [0.1, 0.15) is 31.8 Å². The molecular formula is C28H25BrO4. The zero-order chi connectivity index (χ0) is 23.7. The lowest BCUT2D eigenvalue weighted by atomic mass is 10.2. The van der Waals surface area contributed by atoms with E-state index in [2.05, 4.69) is 28.1 Å². The van der Waals surface area contributed by atoms with E-state index in [1.807, 2.05) is 48.5 Å². The lowest BCUT2D eigenvalue weighted by molar-refractivity contribution is 0.111. The van der Waals surface area contributed by atoms with Gasteiger partial charge in [-0.3, -0.25) is 9.59 Å². The number of carbonyl (C=O) groups is 2. The summed E-state index contributed by atoms with van der Waals surface area (Å²) in [6.07, 6.45) is 1.56. The Morgan fingerprint density at radius 3 is 1.52 bits per heavy atom. The van der Waals surface area contributed by atoms with Crippen LogP contribution in [0.2, 0.25) is 0 Å². The Labute approximate surface area is 202 Å². The molecule has 0 amide bonds. The number of hydrogen-bond donors (Lipinski definition) is 1. The highest BCUT2D eigenvalue weighted by atomic mass is 79.9. The highest BCUT2D eigenvalue weighted by Gasteiger charge is 1.95. The summed E-state index contributed by atoms with van der Waals surface area (Å²) in [4.78, 5) is 20.5. The van der Waals surface area contributed by atoms with Gasteiger partial charge in [0.2, 0.25) is 0 Å². The van der Waals surface area contributed by atoms with Crippen LogP contribution in [0.15, 0.2) is 109 Å². The third-order valence-electron chi connectivity index (χ3n) is 4.29. The second kappa shape index (κ2) is 15.2. The maximum atomic E-state index is 10.5. The zero-order valence-electron chi connectivity index (χ0n) is 18.0. The summed E-state index contributed by atoms with van der Waals surface area (Å²) in [7, 11) is 0. The Bertz CT molecular complexity index is 1060. The number of ether oxygens (including phenoxy) is 1. The topological polar surface area (TPSA) is 63.6 Å². The fourth-order valence-corrected chi connectivity index (χ4v) is 2.88. The van der Waals surface area contributed by atoms with Crippen molar-refractivity contribution in [1.29, 1.82) is 0 Å². The van der Waals surface area contributed by atoms with Crippen molar-refractivity contribution in [2.45, 2.75) is 11.9 Å². The summed E-state index contributed by atoms with van der Waals surface area (Å²) >= 11 is 3.36. The normalized spacial score (nSPS) is 9.36. The predicted octanol–water partition coefficient (Wildman–Crippen LogP) is 6.86. The van der Waals surface area contributed by atoms with Gasteiger partial charge in [0.1, 0.15) is 30.7 Å². The van der Waals surface area contributed by atoms with Gasteiger partial charge in [-0.1, -0.05) is 76.6 Å². The smallest absolute Gasteiger partial charge is 0.150 e. The second-order valence-corrected chi connectivity index (χ2v) is 7.35. The second-order valence-electron chi connectivity index (χ2n) is 6.79. The molecule has 33 heavy (non-hydrogen) atoms. The molecular weight excluding hydrogens is 480 g/mol. The molecule has 0 aliphatic heterocycles. The van der Waals surface area contributed by atoms with Crippen molar-refractivity contribution in [2.24, 2.45) is 0 Å². The molecule has 0 aliphatic carbocycles. The lowest BCUT2D eigenvalue weighted by Crippen LogP contribution is -1.94. The molecule has 0 atom stereocenters. The van der Waals surface area contributed by atoms with Gasteiger partial charge in [-0.25, -0.2) is 0 Å². The minimum atomic E-state index is 0.181. The van der Waals surface area contributed by atoms with Gasteiger partial charge < -0.3 is 9.84 Å². The van der Waals surface area contributed by atoms with Crippen molar-refractivity contribution in [3.8, 4) is 11.5 Å². The van der Waals surface area contributed by atoms with Crippen molar-refractivity contribution in [2.75, 3.05) is 0 Å². The number of aromatic hydroxyl groups is 1. The van der Waals surface area contributed by atoms with Gasteiger partial charge in [-0.2, -0.15) is 0 Å². The quantitative estimate of drug-likeness (QED) is 0.230. The molecule has 0 aliphatic rings. The molecule has 0 heterocycles. The number of halogens is 1. The minimum absolute atomic E-state index is 0.181. The van der Waals surface area contributed by atoms with Crippen LogP contribution in [-0.4, -0.2) is 17.7 Å². The molecule has 1 N–H and O–H groups in total. The van der Waals surface area contributed by atoms with Gasteiger partial charge in [0.15, 0.2) is 0 Å². The van der Waals surface area contributed by atoms with E-state index in [-0.39, 0.29) is 5.75 Å². The first-order chi connectivity index (χ1) is 16.1. The molecule has 0 saturated carbocycles. The summed E-state index contributed by atoms with van der Waals surface area (Å²) < 4.78 is 5.58. The van der Waals surface area contributed by atoms with Gasteiger partial charge in [-0.05, 0) is 59.7 Å². The Balaban J connectivity index is 0.000000192. The first kappa shape index (κ1) is 25.6. The Morgan fingerprint density at radius 2 is 1.09 bits per heavy atom. The fourth-order valence-electron chi connectivity index (χ4n) is 2.50. The van der Waals surface area contributed by atoms with E-state index in [9.17, 15) is 9.59 Å². The molecule has 0 aromatic heterocycles. The van der Waals surface area contributed by atoms with Crippen LogP contribution in [0.3, 0.4) is 0 Å². The Hall–Kier alpha value is -3.70. The first-order valence-electron chi connectivity index (χ1n) is 10.2. The van der Waals surface area contributed by atoms with Crippen molar-refractivity contribution < 1.29 is 19.4 Å². The van der Waals surface area contributed by atoms with Crippen LogP contribution in [0.4, 0.5) is 0 Å². The van der Waals surface area contributed by atoms with E-state index in [0.717, 1.165) is 29.2 Å². The summed E-state index contributed by atoms with van der Waals surface area (Å²) in [6, 6.07) is 33.4. The van der Waals surface area contributed by atoms with E-state index in [1.54, 1.807) is 36.4 Å². The monoisotopic (exact) mass is 504 g/mol. The van der Waals surface area contributed by atoms with Crippen molar-refractivity contribution in [3.63, 3.8) is 0 Å². The average molecular weight is 505 g/mol. The van der Waals surface area contributed by atoms with E-state index in [4.69, 9.17) is 9.84 Å². The van der Waals surface area contributed by atoms with E-state index >= 15 is 0 Å². The molecule has 0 bridgehead atoms. The van der Waals surface area contributed by atoms with Gasteiger partial charge in [0.05, 0.1) is 0 Å². The van der Waals surface area contributed by atoms with Crippen LogP contribution >= 0.6 is 15.9 Å². The molecule has 168 valence electrons. The third-order valence-corrected chi connectivity index (χ3v) is 4.94. The highest BCUT2D eigenvalue weighted by molar-refractivity contribution is 9.08. The van der Waals surface area contributed by atoms with Gasteiger partial charge >= 0.3 is 0 Å². The lowest BCUT2D eigenvalue weighted by Gasteiger charge is -2.05. The van der Waals surface area contributed by atoms with Crippen LogP contribution in [0.25, 0.3) is 0 Å². The maximum absolute atomic E-state index is 10.5. The molecule has 0 radical (unpaired) electrons. The SMILES string of the molecule is BrCc1ccccc1.O=Cc1ccc(O)cc1.O=Cc1ccc(OCc2ccccc2)cc1. The summed E-state index contributed by atoms with van der Waals surface area (Å²) in [5, 5.41) is 9.69. The first-order valence-corrected chi connectivity index (χ1v) is 11.3. The summed E-state index contributed by atoms with van der Waals surface area (Å²) in [5.74, 6) is 0.954. The number of aldehydes is 2. The molecule has 0 unspecified atom stereocenters. The molecule has 4 aromatic carbocycles.